The predicted octanol–water partition coefficient (Wildman–Crippen LogP) is 4.89. The van der Waals surface area contributed by atoms with Gasteiger partial charge in [-0.25, -0.2) is 0 Å². The van der Waals surface area contributed by atoms with Crippen LogP contribution >= 0.6 is 0 Å². The van der Waals surface area contributed by atoms with Crippen LogP contribution in [0.15, 0.2) is 53.8 Å². The highest BCUT2D eigenvalue weighted by Crippen LogP contribution is 2.23. The molecule has 1 heteroatoms. The Hall–Kier alpha value is -1.50. The van der Waals surface area contributed by atoms with Crippen molar-refractivity contribution in [2.24, 2.45) is 0 Å². The largest absolute Gasteiger partial charge is 0.359 e. The first kappa shape index (κ1) is 12.0. The van der Waals surface area contributed by atoms with E-state index in [-0.39, 0.29) is 0 Å². The number of allylic oxidation sites excluding steroid dienone is 4. The van der Waals surface area contributed by atoms with Crippen molar-refractivity contribution < 1.29 is 0 Å². The van der Waals surface area contributed by atoms with Gasteiger partial charge in [-0.15, -0.1) is 0 Å². The van der Waals surface area contributed by atoms with Gasteiger partial charge in [0.05, 0.1) is 0 Å². The number of unbranched alkanes of at least 4 members (excludes halogenated alkanes) is 1. The molecule has 0 saturated heterocycles. The van der Waals surface area contributed by atoms with Gasteiger partial charge in [0.1, 0.15) is 0 Å². The number of hydrogen-bond acceptors (Lipinski definition) is 1. The molecule has 0 saturated carbocycles. The second-order valence-corrected chi connectivity index (χ2v) is 4.61. The van der Waals surface area contributed by atoms with Gasteiger partial charge in [-0.05, 0) is 43.9 Å². The smallest absolute Gasteiger partial charge is 0.0381 e. The van der Waals surface area contributed by atoms with Crippen LogP contribution in [0.1, 0.15) is 39.0 Å². The molecule has 0 aliphatic heterocycles. The van der Waals surface area contributed by atoms with Crippen LogP contribution in [0.5, 0.6) is 0 Å². The predicted molar refractivity (Wildman–Crippen MR) is 75.0 cm³/mol. The van der Waals surface area contributed by atoms with Gasteiger partial charge in [0.2, 0.25) is 0 Å². The maximum absolute atomic E-state index is 3.47. The Morgan fingerprint density at radius 3 is 2.53 bits per heavy atom. The van der Waals surface area contributed by atoms with Crippen LogP contribution in [-0.2, 0) is 0 Å². The molecule has 1 aliphatic carbocycles. The van der Waals surface area contributed by atoms with E-state index in [4.69, 9.17) is 0 Å². The van der Waals surface area contributed by atoms with Crippen LogP contribution in [0.25, 0.3) is 0 Å². The molecule has 0 atom stereocenters. The van der Waals surface area contributed by atoms with Gasteiger partial charge in [-0.2, -0.15) is 0 Å². The van der Waals surface area contributed by atoms with Gasteiger partial charge in [-0.3, -0.25) is 0 Å². The summed E-state index contributed by atoms with van der Waals surface area (Å²) in [5, 5.41) is 3.47. The Bertz CT molecular complexity index is 401. The minimum Gasteiger partial charge on any atom is -0.359 e. The molecule has 0 radical (unpaired) electrons. The zero-order valence-corrected chi connectivity index (χ0v) is 10.6. The van der Waals surface area contributed by atoms with Crippen LogP contribution in [0.3, 0.4) is 0 Å². The van der Waals surface area contributed by atoms with Crippen molar-refractivity contribution in [3.63, 3.8) is 0 Å². The molecule has 90 valence electrons. The molecular formula is C16H21N. The van der Waals surface area contributed by atoms with E-state index >= 15 is 0 Å². The molecule has 2 rings (SSSR count). The zero-order valence-electron chi connectivity index (χ0n) is 10.6. The summed E-state index contributed by atoms with van der Waals surface area (Å²) in [7, 11) is 0. The Morgan fingerprint density at radius 1 is 1.06 bits per heavy atom. The van der Waals surface area contributed by atoms with E-state index in [2.05, 4.69) is 48.7 Å². The van der Waals surface area contributed by atoms with E-state index < -0.39 is 0 Å². The van der Waals surface area contributed by atoms with E-state index in [1.54, 1.807) is 5.57 Å². The van der Waals surface area contributed by atoms with E-state index in [1.807, 2.05) is 6.07 Å². The molecule has 1 N–H and O–H groups in total. The van der Waals surface area contributed by atoms with Crippen molar-refractivity contribution in [3.8, 4) is 0 Å². The number of hydrogen-bond donors (Lipinski definition) is 1. The standard InChI is InChI=1S/C16H21N/c1-2-3-7-14-10-12-16(13-11-14)17-15-8-5-4-6-9-15/h4-6,8-10,12,17H,2-3,7,11,13H2,1H3. The third-order valence-electron chi connectivity index (χ3n) is 3.17. The van der Waals surface area contributed by atoms with Crippen LogP contribution in [0.4, 0.5) is 5.69 Å². The van der Waals surface area contributed by atoms with E-state index in [9.17, 15) is 0 Å². The lowest BCUT2D eigenvalue weighted by Crippen LogP contribution is -2.03. The third kappa shape index (κ3) is 3.77. The van der Waals surface area contributed by atoms with E-state index in [1.165, 1.54) is 37.1 Å². The minimum atomic E-state index is 1.14. The summed E-state index contributed by atoms with van der Waals surface area (Å²) in [6.07, 6.45) is 10.8. The highest BCUT2D eigenvalue weighted by Gasteiger charge is 2.05. The Labute approximate surface area is 104 Å². The first-order chi connectivity index (χ1) is 8.38. The highest BCUT2D eigenvalue weighted by atomic mass is 14.9. The third-order valence-corrected chi connectivity index (χ3v) is 3.17. The molecule has 1 nitrogen and oxygen atoms in total. The summed E-state index contributed by atoms with van der Waals surface area (Å²) in [6, 6.07) is 10.4. The summed E-state index contributed by atoms with van der Waals surface area (Å²) < 4.78 is 0. The second-order valence-electron chi connectivity index (χ2n) is 4.61. The van der Waals surface area contributed by atoms with Gasteiger partial charge in [-0.1, -0.05) is 43.2 Å². The molecule has 0 heterocycles. The number of benzene rings is 1. The average molecular weight is 227 g/mol. The van der Waals surface area contributed by atoms with Crippen LogP contribution < -0.4 is 5.32 Å². The van der Waals surface area contributed by atoms with Gasteiger partial charge in [0.25, 0.3) is 0 Å². The first-order valence-electron chi connectivity index (χ1n) is 6.59. The molecule has 0 amide bonds. The van der Waals surface area contributed by atoms with Crippen LogP contribution in [0, 0.1) is 0 Å². The lowest BCUT2D eigenvalue weighted by atomic mass is 9.98. The Balaban J connectivity index is 1.92. The fourth-order valence-electron chi connectivity index (χ4n) is 2.10. The molecule has 17 heavy (non-hydrogen) atoms. The van der Waals surface area contributed by atoms with Gasteiger partial charge >= 0.3 is 0 Å². The molecule has 0 bridgehead atoms. The van der Waals surface area contributed by atoms with Gasteiger partial charge < -0.3 is 5.32 Å². The molecular weight excluding hydrogens is 206 g/mol. The van der Waals surface area contributed by atoms with E-state index in [0.717, 1.165) is 6.42 Å². The van der Waals surface area contributed by atoms with Crippen molar-refractivity contribution in [1.29, 1.82) is 0 Å². The fourth-order valence-corrected chi connectivity index (χ4v) is 2.10. The molecule has 1 aromatic rings. The van der Waals surface area contributed by atoms with Crippen molar-refractivity contribution in [2.45, 2.75) is 39.0 Å². The summed E-state index contributed by atoms with van der Waals surface area (Å²) >= 11 is 0. The SMILES string of the molecule is CCCCC1=CC=C(Nc2ccccc2)CC1. The highest BCUT2D eigenvalue weighted by molar-refractivity contribution is 5.49. The van der Waals surface area contributed by atoms with Crippen LogP contribution in [0.2, 0.25) is 0 Å². The van der Waals surface area contributed by atoms with E-state index in [0.29, 0.717) is 0 Å². The second kappa shape index (κ2) is 6.29. The molecule has 0 aromatic heterocycles. The lowest BCUT2D eigenvalue weighted by Gasteiger charge is -2.16. The normalized spacial score (nSPS) is 15.1. The van der Waals surface area contributed by atoms with Crippen molar-refractivity contribution in [1.82, 2.24) is 0 Å². The summed E-state index contributed by atoms with van der Waals surface area (Å²) in [4.78, 5) is 0. The molecule has 0 unspecified atom stereocenters. The maximum Gasteiger partial charge on any atom is 0.0381 e. The van der Waals surface area contributed by atoms with Crippen molar-refractivity contribution in [2.75, 3.05) is 5.32 Å². The average Bonchev–Trinajstić information content (AvgIpc) is 2.39. The molecule has 0 spiro atoms. The van der Waals surface area contributed by atoms with Crippen molar-refractivity contribution in [3.05, 3.63) is 53.8 Å². The molecule has 1 aromatic carbocycles. The van der Waals surface area contributed by atoms with Crippen LogP contribution in [-0.4, -0.2) is 0 Å². The van der Waals surface area contributed by atoms with Gasteiger partial charge in [0.15, 0.2) is 0 Å². The Kier molecular flexibility index (Phi) is 4.43. The topological polar surface area (TPSA) is 12.0 Å². The molecule has 1 aliphatic rings. The zero-order chi connectivity index (χ0) is 11.9. The van der Waals surface area contributed by atoms with Gasteiger partial charge in [0, 0.05) is 11.4 Å². The molecule has 0 fully saturated rings. The Morgan fingerprint density at radius 2 is 1.88 bits per heavy atom. The number of para-hydroxylation sites is 1. The number of rotatable bonds is 5. The number of nitrogens with one attached hydrogen (secondary N) is 1. The monoisotopic (exact) mass is 227 g/mol. The summed E-state index contributed by atoms with van der Waals surface area (Å²) in [6.45, 7) is 2.25. The maximum atomic E-state index is 3.47. The minimum absolute atomic E-state index is 1.14. The summed E-state index contributed by atoms with van der Waals surface area (Å²) in [5.41, 5.74) is 4.12. The summed E-state index contributed by atoms with van der Waals surface area (Å²) in [5.74, 6) is 0. The van der Waals surface area contributed by atoms with Crippen molar-refractivity contribution >= 4 is 5.69 Å². The quantitative estimate of drug-likeness (QED) is 0.755. The lowest BCUT2D eigenvalue weighted by molar-refractivity contribution is 0.743. The fraction of sp³-hybridized carbons (Fsp3) is 0.375. The first-order valence-corrected chi connectivity index (χ1v) is 6.59. The number of anilines is 1.